The molecule has 0 spiro atoms. The Morgan fingerprint density at radius 1 is 1.21 bits per heavy atom. The van der Waals surface area contributed by atoms with E-state index >= 15 is 0 Å². The molecule has 1 aliphatic rings. The zero-order chi connectivity index (χ0) is 17.6. The number of nitrogens with two attached hydrogens (primary N) is 1. The predicted octanol–water partition coefficient (Wildman–Crippen LogP) is 2.07. The van der Waals surface area contributed by atoms with Crippen LogP contribution in [-0.2, 0) is 10.2 Å². The Balaban J connectivity index is 2.09. The van der Waals surface area contributed by atoms with Gasteiger partial charge in [-0.25, -0.2) is 4.79 Å². The van der Waals surface area contributed by atoms with Crippen molar-refractivity contribution in [2.24, 2.45) is 5.73 Å². The van der Waals surface area contributed by atoms with Gasteiger partial charge in [0.25, 0.3) is 0 Å². The van der Waals surface area contributed by atoms with Gasteiger partial charge in [-0.2, -0.15) is 0 Å². The molecule has 0 aromatic heterocycles. The van der Waals surface area contributed by atoms with E-state index in [1.807, 2.05) is 12.1 Å². The first kappa shape index (κ1) is 18.3. The van der Waals surface area contributed by atoms with Crippen LogP contribution in [0.5, 0.6) is 5.75 Å². The van der Waals surface area contributed by atoms with Gasteiger partial charge in [0, 0.05) is 12.0 Å². The average Bonchev–Trinajstić information content (AvgIpc) is 2.60. The third kappa shape index (κ3) is 4.47. The molecule has 0 saturated heterocycles. The smallest absolute Gasteiger partial charge is 0.318 e. The number of methoxy groups -OCH3 is 1. The van der Waals surface area contributed by atoms with E-state index < -0.39 is 18.0 Å². The fraction of sp³-hybridized carbons (Fsp3) is 0.556. The van der Waals surface area contributed by atoms with Crippen molar-refractivity contribution in [1.82, 2.24) is 10.6 Å². The highest BCUT2D eigenvalue weighted by Crippen LogP contribution is 2.39. The number of carbonyl (C=O) groups excluding carboxylic acids is 2. The van der Waals surface area contributed by atoms with Gasteiger partial charge in [0.1, 0.15) is 5.75 Å². The van der Waals surface area contributed by atoms with Crippen molar-refractivity contribution in [1.29, 1.82) is 0 Å². The molecule has 0 unspecified atom stereocenters. The zero-order valence-corrected chi connectivity index (χ0v) is 14.4. The second kappa shape index (κ2) is 8.15. The lowest BCUT2D eigenvalue weighted by Crippen LogP contribution is -2.50. The van der Waals surface area contributed by atoms with E-state index in [-0.39, 0.29) is 5.41 Å². The number of urea groups is 1. The Kier molecular flexibility index (Phi) is 6.20. The molecule has 3 amide bonds. The number of hydrogen-bond acceptors (Lipinski definition) is 4. The minimum atomic E-state index is -0.823. The molecule has 2 rings (SSSR count). The molecule has 1 aromatic carbocycles. The number of nitrogens with one attached hydrogen (secondary N) is 2. The van der Waals surface area contributed by atoms with Crippen LogP contribution in [0.25, 0.3) is 0 Å². The highest BCUT2D eigenvalue weighted by atomic mass is 16.5. The SMILES string of the molecule is COc1ccc(C2(CN[C@H](C)C(=O)NC(N)=O)CCCCC2)cc1. The lowest BCUT2D eigenvalue weighted by molar-refractivity contribution is -0.121. The summed E-state index contributed by atoms with van der Waals surface area (Å²) < 4.78 is 5.24. The molecular weight excluding hydrogens is 306 g/mol. The molecule has 4 N–H and O–H groups in total. The lowest BCUT2D eigenvalue weighted by Gasteiger charge is -2.39. The van der Waals surface area contributed by atoms with Crippen LogP contribution in [0.3, 0.4) is 0 Å². The predicted molar refractivity (Wildman–Crippen MR) is 92.9 cm³/mol. The van der Waals surface area contributed by atoms with Crippen molar-refractivity contribution in [3.8, 4) is 5.75 Å². The first-order valence-corrected chi connectivity index (χ1v) is 8.45. The number of rotatable bonds is 6. The van der Waals surface area contributed by atoms with Crippen molar-refractivity contribution in [2.45, 2.75) is 50.5 Å². The zero-order valence-electron chi connectivity index (χ0n) is 14.4. The van der Waals surface area contributed by atoms with E-state index in [0.29, 0.717) is 6.54 Å². The minimum Gasteiger partial charge on any atom is -0.497 e. The van der Waals surface area contributed by atoms with E-state index in [1.165, 1.54) is 24.8 Å². The number of primary amides is 1. The summed E-state index contributed by atoms with van der Waals surface area (Å²) >= 11 is 0. The average molecular weight is 333 g/mol. The van der Waals surface area contributed by atoms with Gasteiger partial charge in [-0.05, 0) is 37.5 Å². The van der Waals surface area contributed by atoms with Crippen LogP contribution in [0.4, 0.5) is 4.79 Å². The van der Waals surface area contributed by atoms with Crippen molar-refractivity contribution in [2.75, 3.05) is 13.7 Å². The largest absolute Gasteiger partial charge is 0.497 e. The summed E-state index contributed by atoms with van der Waals surface area (Å²) in [5.74, 6) is 0.440. The second-order valence-corrected chi connectivity index (χ2v) is 6.53. The molecule has 1 atom stereocenters. The fourth-order valence-electron chi connectivity index (χ4n) is 3.41. The summed E-state index contributed by atoms with van der Waals surface area (Å²) in [5.41, 5.74) is 6.27. The van der Waals surface area contributed by atoms with Gasteiger partial charge >= 0.3 is 6.03 Å². The van der Waals surface area contributed by atoms with Gasteiger partial charge in [0.05, 0.1) is 13.2 Å². The van der Waals surface area contributed by atoms with Crippen LogP contribution in [0.2, 0.25) is 0 Å². The fourth-order valence-corrected chi connectivity index (χ4v) is 3.41. The molecule has 1 saturated carbocycles. The Morgan fingerprint density at radius 3 is 2.38 bits per heavy atom. The maximum atomic E-state index is 11.9. The van der Waals surface area contributed by atoms with Gasteiger partial charge < -0.3 is 15.8 Å². The molecule has 24 heavy (non-hydrogen) atoms. The molecule has 6 heteroatoms. The van der Waals surface area contributed by atoms with E-state index in [1.54, 1.807) is 14.0 Å². The molecule has 0 heterocycles. The monoisotopic (exact) mass is 333 g/mol. The van der Waals surface area contributed by atoms with Crippen molar-refractivity contribution in [3.63, 3.8) is 0 Å². The molecule has 1 aliphatic carbocycles. The number of benzene rings is 1. The van der Waals surface area contributed by atoms with Gasteiger partial charge in [0.2, 0.25) is 5.91 Å². The summed E-state index contributed by atoms with van der Waals surface area (Å²) in [6, 6.07) is 6.88. The van der Waals surface area contributed by atoms with E-state index in [0.717, 1.165) is 18.6 Å². The van der Waals surface area contributed by atoms with E-state index in [9.17, 15) is 9.59 Å². The standard InChI is InChI=1S/C18H27N3O3/c1-13(16(22)21-17(19)23)20-12-18(10-4-3-5-11-18)14-6-8-15(24-2)9-7-14/h6-9,13,20H,3-5,10-12H2,1-2H3,(H3,19,21,22,23)/t13-/m1/s1. The molecule has 0 bridgehead atoms. The van der Waals surface area contributed by atoms with E-state index in [4.69, 9.17) is 10.5 Å². The molecule has 132 valence electrons. The van der Waals surface area contributed by atoms with Crippen LogP contribution < -0.4 is 21.1 Å². The minimum absolute atomic E-state index is 0.00574. The summed E-state index contributed by atoms with van der Waals surface area (Å²) in [7, 11) is 1.66. The topological polar surface area (TPSA) is 93.4 Å². The molecule has 0 radical (unpaired) electrons. The third-order valence-corrected chi connectivity index (χ3v) is 4.90. The number of hydrogen-bond donors (Lipinski definition) is 3. The Bertz CT molecular complexity index is 565. The first-order chi connectivity index (χ1) is 11.5. The molecule has 1 fully saturated rings. The molecule has 6 nitrogen and oxygen atoms in total. The summed E-state index contributed by atoms with van der Waals surface area (Å²) in [6.45, 7) is 2.43. The van der Waals surface area contributed by atoms with Crippen molar-refractivity contribution >= 4 is 11.9 Å². The Labute approximate surface area is 143 Å². The van der Waals surface area contributed by atoms with Crippen LogP contribution in [0.1, 0.15) is 44.6 Å². The van der Waals surface area contributed by atoms with Crippen LogP contribution in [0, 0.1) is 0 Å². The van der Waals surface area contributed by atoms with Crippen molar-refractivity contribution < 1.29 is 14.3 Å². The van der Waals surface area contributed by atoms with E-state index in [2.05, 4.69) is 22.8 Å². The summed E-state index contributed by atoms with van der Waals surface area (Å²) in [4.78, 5) is 22.7. The Hall–Kier alpha value is -2.08. The highest BCUT2D eigenvalue weighted by Gasteiger charge is 2.34. The summed E-state index contributed by atoms with van der Waals surface area (Å²) in [5, 5.41) is 5.39. The number of carbonyl (C=O) groups is 2. The Morgan fingerprint density at radius 2 is 1.83 bits per heavy atom. The van der Waals surface area contributed by atoms with Crippen LogP contribution in [-0.4, -0.2) is 31.6 Å². The third-order valence-electron chi connectivity index (χ3n) is 4.90. The van der Waals surface area contributed by atoms with Crippen LogP contribution in [0.15, 0.2) is 24.3 Å². The summed E-state index contributed by atoms with van der Waals surface area (Å²) in [6.07, 6.45) is 5.76. The quantitative estimate of drug-likeness (QED) is 0.743. The lowest BCUT2D eigenvalue weighted by atomic mass is 9.69. The molecular formula is C18H27N3O3. The molecule has 0 aliphatic heterocycles. The molecule has 1 aromatic rings. The van der Waals surface area contributed by atoms with Gasteiger partial charge in [-0.15, -0.1) is 0 Å². The maximum Gasteiger partial charge on any atom is 0.318 e. The first-order valence-electron chi connectivity index (χ1n) is 8.45. The van der Waals surface area contributed by atoms with Gasteiger partial charge in [-0.3, -0.25) is 10.1 Å². The number of ether oxygens (including phenoxy) is 1. The van der Waals surface area contributed by atoms with Crippen molar-refractivity contribution in [3.05, 3.63) is 29.8 Å². The highest BCUT2D eigenvalue weighted by molar-refractivity contribution is 5.96. The van der Waals surface area contributed by atoms with Crippen LogP contribution >= 0.6 is 0 Å². The maximum absolute atomic E-state index is 11.9. The number of imide groups is 1. The normalized spacial score (nSPS) is 17.8. The van der Waals surface area contributed by atoms with Gasteiger partial charge in [0.15, 0.2) is 0 Å². The van der Waals surface area contributed by atoms with Gasteiger partial charge in [-0.1, -0.05) is 31.4 Å². The second-order valence-electron chi connectivity index (χ2n) is 6.53. The number of amides is 3.